The van der Waals surface area contributed by atoms with Crippen LogP contribution in [-0.4, -0.2) is 66.7 Å². The van der Waals surface area contributed by atoms with Crippen LogP contribution in [-0.2, 0) is 23.4 Å². The highest BCUT2D eigenvalue weighted by Crippen LogP contribution is 2.37. The van der Waals surface area contributed by atoms with Gasteiger partial charge in [0.15, 0.2) is 8.32 Å². The van der Waals surface area contributed by atoms with E-state index in [0.717, 1.165) is 24.8 Å². The number of allylic oxidation sites excluding steroid dienone is 1. The second-order valence-corrected chi connectivity index (χ2v) is 15.0. The number of aliphatic hydroxyl groups excluding tert-OH is 1. The van der Waals surface area contributed by atoms with Crippen LogP contribution >= 0.6 is 0 Å². The van der Waals surface area contributed by atoms with Gasteiger partial charge in [0, 0.05) is 27.4 Å². The maximum absolute atomic E-state index is 10.1. The van der Waals surface area contributed by atoms with Crippen molar-refractivity contribution in [3.05, 3.63) is 23.8 Å². The van der Waals surface area contributed by atoms with Crippen molar-refractivity contribution in [2.45, 2.75) is 90.6 Å². The molecule has 0 aromatic heterocycles. The van der Waals surface area contributed by atoms with Crippen molar-refractivity contribution in [2.24, 2.45) is 5.92 Å². The van der Waals surface area contributed by atoms with Crippen molar-refractivity contribution < 1.29 is 28.5 Å². The van der Waals surface area contributed by atoms with Gasteiger partial charge in [0.05, 0.1) is 12.2 Å². The number of aliphatic hydroxyl groups is 1. The lowest BCUT2D eigenvalue weighted by Gasteiger charge is -2.37. The largest absolute Gasteiger partial charge is 0.417 e. The molecule has 0 rings (SSSR count). The van der Waals surface area contributed by atoms with E-state index < -0.39 is 14.4 Å². The molecule has 0 aliphatic carbocycles. The number of rotatable bonds is 18. The summed E-state index contributed by atoms with van der Waals surface area (Å²) in [6.45, 7) is 20.9. The zero-order valence-corrected chi connectivity index (χ0v) is 23.2. The third kappa shape index (κ3) is 13.2. The molecule has 0 saturated heterocycles. The van der Waals surface area contributed by atoms with Gasteiger partial charge in [-0.2, -0.15) is 0 Å². The molecule has 0 saturated carbocycles. The van der Waals surface area contributed by atoms with E-state index in [4.69, 9.17) is 23.4 Å². The molecule has 6 nitrogen and oxygen atoms in total. The van der Waals surface area contributed by atoms with Crippen LogP contribution in [0.5, 0.6) is 0 Å². The summed E-state index contributed by atoms with van der Waals surface area (Å²) in [4.78, 5) is 0. The molecule has 1 N–H and O–H groups in total. The van der Waals surface area contributed by atoms with E-state index in [-0.39, 0.29) is 30.6 Å². The maximum atomic E-state index is 10.1. The van der Waals surface area contributed by atoms with E-state index in [2.05, 4.69) is 53.4 Å². The standard InChI is InChI=1S/C25H50O6Si/c1-20(2)23(26)12-11-21(3)17-24(30-19-28-8)22(13-15-29-18-27-7)14-16-31-32(9,10)25(4,5)6/h17,22-24,26H,1,11-16,18-19H2,2-10H3/b21-17+/t22-,23?,24-/m1/s1. The average Bonchev–Trinajstić information content (AvgIpc) is 2.70. The van der Waals surface area contributed by atoms with E-state index in [1.807, 2.05) is 6.92 Å². The Morgan fingerprint density at radius 2 is 1.59 bits per heavy atom. The van der Waals surface area contributed by atoms with Crippen molar-refractivity contribution in [3.63, 3.8) is 0 Å². The lowest BCUT2D eigenvalue weighted by atomic mass is 9.92. The van der Waals surface area contributed by atoms with Crippen LogP contribution in [0.4, 0.5) is 0 Å². The normalized spacial score (nSPS) is 16.1. The maximum Gasteiger partial charge on any atom is 0.191 e. The first-order valence-corrected chi connectivity index (χ1v) is 14.6. The fourth-order valence-electron chi connectivity index (χ4n) is 2.97. The molecular weight excluding hydrogens is 424 g/mol. The van der Waals surface area contributed by atoms with Gasteiger partial charge >= 0.3 is 0 Å². The van der Waals surface area contributed by atoms with Gasteiger partial charge in [-0.3, -0.25) is 0 Å². The minimum atomic E-state index is -1.81. The highest BCUT2D eigenvalue weighted by atomic mass is 28.4. The second-order valence-electron chi connectivity index (χ2n) is 10.2. The van der Waals surface area contributed by atoms with Gasteiger partial charge in [0.2, 0.25) is 0 Å². The van der Waals surface area contributed by atoms with Crippen molar-refractivity contribution in [3.8, 4) is 0 Å². The summed E-state index contributed by atoms with van der Waals surface area (Å²) in [5.74, 6) is 0.216. The summed E-state index contributed by atoms with van der Waals surface area (Å²) >= 11 is 0. The molecule has 0 aliphatic heterocycles. The number of methoxy groups -OCH3 is 2. The Morgan fingerprint density at radius 1 is 1.00 bits per heavy atom. The Bertz CT molecular complexity index is 541. The summed E-state index contributed by atoms with van der Waals surface area (Å²) in [7, 11) is 1.45. The molecule has 3 atom stereocenters. The minimum absolute atomic E-state index is 0.119. The summed E-state index contributed by atoms with van der Waals surface area (Å²) < 4.78 is 28.3. The predicted octanol–water partition coefficient (Wildman–Crippen LogP) is 5.68. The smallest absolute Gasteiger partial charge is 0.191 e. The van der Waals surface area contributed by atoms with E-state index in [1.54, 1.807) is 14.2 Å². The molecule has 0 bridgehead atoms. The topological polar surface area (TPSA) is 66.4 Å². The Balaban J connectivity index is 5.31. The molecule has 190 valence electrons. The Hall–Kier alpha value is -0.543. The van der Waals surface area contributed by atoms with Crippen molar-refractivity contribution in [2.75, 3.05) is 41.0 Å². The summed E-state index contributed by atoms with van der Waals surface area (Å²) in [5, 5.41) is 10.2. The quantitative estimate of drug-likeness (QED) is 0.119. The van der Waals surface area contributed by atoms with Crippen molar-refractivity contribution >= 4 is 8.32 Å². The van der Waals surface area contributed by atoms with Crippen LogP contribution in [0, 0.1) is 5.92 Å². The van der Waals surface area contributed by atoms with Gasteiger partial charge in [0.25, 0.3) is 0 Å². The van der Waals surface area contributed by atoms with Crippen LogP contribution in [0.1, 0.15) is 60.3 Å². The molecule has 0 aliphatic rings. The first-order chi connectivity index (χ1) is 14.9. The van der Waals surface area contributed by atoms with E-state index in [1.165, 1.54) is 5.57 Å². The molecule has 0 aromatic carbocycles. The molecule has 7 heteroatoms. The lowest BCUT2D eigenvalue weighted by Crippen LogP contribution is -2.41. The lowest BCUT2D eigenvalue weighted by molar-refractivity contribution is -0.0847. The third-order valence-electron chi connectivity index (χ3n) is 6.26. The molecule has 0 amide bonds. The van der Waals surface area contributed by atoms with Gasteiger partial charge < -0.3 is 28.5 Å². The molecule has 0 aromatic rings. The third-order valence-corrected chi connectivity index (χ3v) is 10.8. The highest BCUT2D eigenvalue weighted by molar-refractivity contribution is 6.74. The van der Waals surface area contributed by atoms with Crippen molar-refractivity contribution in [1.82, 2.24) is 0 Å². The van der Waals surface area contributed by atoms with Crippen LogP contribution in [0.15, 0.2) is 23.8 Å². The molecule has 0 spiro atoms. The number of hydrogen-bond donors (Lipinski definition) is 1. The first-order valence-electron chi connectivity index (χ1n) is 11.7. The van der Waals surface area contributed by atoms with Crippen LogP contribution in [0.25, 0.3) is 0 Å². The molecule has 0 fully saturated rings. The number of ether oxygens (including phenoxy) is 4. The molecule has 0 radical (unpaired) electrons. The van der Waals surface area contributed by atoms with Crippen LogP contribution in [0.3, 0.4) is 0 Å². The van der Waals surface area contributed by atoms with Gasteiger partial charge in [0.1, 0.15) is 13.6 Å². The Labute approximate surface area is 198 Å². The first kappa shape index (κ1) is 31.5. The fraction of sp³-hybridized carbons (Fsp3) is 0.840. The van der Waals surface area contributed by atoms with E-state index >= 15 is 0 Å². The molecule has 32 heavy (non-hydrogen) atoms. The summed E-state index contributed by atoms with van der Waals surface area (Å²) in [6, 6.07) is 0. The molecule has 0 heterocycles. The second kappa shape index (κ2) is 16.1. The van der Waals surface area contributed by atoms with Crippen molar-refractivity contribution in [1.29, 1.82) is 0 Å². The SMILES string of the molecule is C=C(C)C(O)CC/C(C)=C/[C@@H](OCOC)[C@H](CCOCOC)CCO[Si](C)(C)C(C)(C)C. The van der Waals surface area contributed by atoms with E-state index in [9.17, 15) is 5.11 Å². The van der Waals surface area contributed by atoms with Gasteiger partial charge in [-0.1, -0.05) is 44.6 Å². The zero-order valence-electron chi connectivity index (χ0n) is 22.2. The predicted molar refractivity (Wildman–Crippen MR) is 134 cm³/mol. The summed E-state index contributed by atoms with van der Waals surface area (Å²) in [5.41, 5.74) is 1.97. The van der Waals surface area contributed by atoms with Crippen LogP contribution < -0.4 is 0 Å². The Morgan fingerprint density at radius 3 is 2.12 bits per heavy atom. The van der Waals surface area contributed by atoms with Gasteiger partial charge in [-0.05, 0) is 63.6 Å². The van der Waals surface area contributed by atoms with Gasteiger partial charge in [-0.15, -0.1) is 0 Å². The van der Waals surface area contributed by atoms with Gasteiger partial charge in [-0.25, -0.2) is 0 Å². The minimum Gasteiger partial charge on any atom is -0.417 e. The molecule has 1 unspecified atom stereocenters. The average molecular weight is 475 g/mol. The molecular formula is C25H50O6Si. The summed E-state index contributed by atoms with van der Waals surface area (Å²) in [6.07, 6.45) is 4.71. The zero-order chi connectivity index (χ0) is 24.8. The highest BCUT2D eigenvalue weighted by Gasteiger charge is 2.37. The fourth-order valence-corrected chi connectivity index (χ4v) is 4.03. The van der Waals surface area contributed by atoms with E-state index in [0.29, 0.717) is 19.6 Å². The van der Waals surface area contributed by atoms with Crippen LogP contribution in [0.2, 0.25) is 18.1 Å². The Kier molecular flexibility index (Phi) is 15.9. The monoisotopic (exact) mass is 474 g/mol. The number of hydrogen-bond acceptors (Lipinski definition) is 6.